The molecule has 0 unspecified atom stereocenters. The molecule has 0 saturated carbocycles. The zero-order chi connectivity index (χ0) is 13.2. The van der Waals surface area contributed by atoms with Crippen LogP contribution in [0.5, 0.6) is 0 Å². The molecule has 3 aromatic rings. The van der Waals surface area contributed by atoms with E-state index in [1.165, 1.54) is 11.3 Å². The van der Waals surface area contributed by atoms with Gasteiger partial charge in [0.25, 0.3) is 0 Å². The van der Waals surface area contributed by atoms with Gasteiger partial charge in [-0.1, -0.05) is 71.7 Å². The molecule has 3 rings (SSSR count). The van der Waals surface area contributed by atoms with Crippen LogP contribution in [0.4, 0.5) is 0 Å². The highest BCUT2D eigenvalue weighted by atomic mass is 35.5. The minimum absolute atomic E-state index is 0.522. The van der Waals surface area contributed by atoms with Crippen molar-refractivity contribution in [2.75, 3.05) is 0 Å². The van der Waals surface area contributed by atoms with Gasteiger partial charge in [0.1, 0.15) is 0 Å². The topological polar surface area (TPSA) is 12.9 Å². The molecule has 0 radical (unpaired) electrons. The van der Waals surface area contributed by atoms with Crippen molar-refractivity contribution in [3.05, 3.63) is 64.1 Å². The van der Waals surface area contributed by atoms with E-state index < -0.39 is 0 Å². The van der Waals surface area contributed by atoms with Crippen molar-refractivity contribution in [3.8, 4) is 21.7 Å². The number of nitrogens with zero attached hydrogens (tertiary/aromatic N) is 1. The van der Waals surface area contributed by atoms with Crippen LogP contribution in [0.2, 0.25) is 9.49 Å². The maximum atomic E-state index is 6.25. The molecular weight excluding hydrogens is 297 g/mol. The van der Waals surface area contributed by atoms with Crippen molar-refractivity contribution in [1.82, 2.24) is 4.98 Å². The molecule has 1 heterocycles. The predicted molar refractivity (Wildman–Crippen MR) is 83.0 cm³/mol. The molecule has 1 nitrogen and oxygen atoms in total. The third kappa shape index (κ3) is 2.52. The zero-order valence-electron chi connectivity index (χ0n) is 9.81. The summed E-state index contributed by atoms with van der Waals surface area (Å²) in [6, 6.07) is 17.7. The monoisotopic (exact) mass is 305 g/mol. The molecule has 94 valence electrons. The van der Waals surface area contributed by atoms with E-state index in [-0.39, 0.29) is 0 Å². The first-order valence-electron chi connectivity index (χ1n) is 5.72. The van der Waals surface area contributed by atoms with Crippen LogP contribution in [0.25, 0.3) is 21.7 Å². The standard InChI is InChI=1S/C15H9Cl2NS/c16-12-9-5-4-8-11(12)13-14(19-15(17)18-13)10-6-2-1-3-7-10/h1-9H. The summed E-state index contributed by atoms with van der Waals surface area (Å²) in [6.45, 7) is 0. The maximum absolute atomic E-state index is 6.25. The first-order valence-corrected chi connectivity index (χ1v) is 7.29. The Morgan fingerprint density at radius 1 is 0.842 bits per heavy atom. The summed E-state index contributed by atoms with van der Waals surface area (Å²) < 4.78 is 0.522. The molecule has 0 amide bonds. The van der Waals surface area contributed by atoms with Gasteiger partial charge in [0.2, 0.25) is 0 Å². The molecule has 0 aliphatic rings. The van der Waals surface area contributed by atoms with Gasteiger partial charge in [0.05, 0.1) is 15.6 Å². The number of rotatable bonds is 2. The Morgan fingerprint density at radius 3 is 2.26 bits per heavy atom. The highest BCUT2D eigenvalue weighted by molar-refractivity contribution is 7.19. The summed E-state index contributed by atoms with van der Waals surface area (Å²) in [5, 5.41) is 0.682. The van der Waals surface area contributed by atoms with E-state index in [9.17, 15) is 0 Å². The van der Waals surface area contributed by atoms with Crippen molar-refractivity contribution in [1.29, 1.82) is 0 Å². The van der Waals surface area contributed by atoms with Gasteiger partial charge in [-0.3, -0.25) is 0 Å². The van der Waals surface area contributed by atoms with E-state index in [4.69, 9.17) is 23.2 Å². The number of thiazole rings is 1. The van der Waals surface area contributed by atoms with Crippen molar-refractivity contribution >= 4 is 34.5 Å². The van der Waals surface area contributed by atoms with Crippen LogP contribution < -0.4 is 0 Å². The molecule has 0 atom stereocenters. The zero-order valence-corrected chi connectivity index (χ0v) is 12.1. The lowest BCUT2D eigenvalue weighted by molar-refractivity contribution is 1.41. The van der Waals surface area contributed by atoms with E-state index in [2.05, 4.69) is 4.98 Å². The third-order valence-corrected chi connectivity index (χ3v) is 4.30. The van der Waals surface area contributed by atoms with Gasteiger partial charge in [-0.15, -0.1) is 11.3 Å². The van der Waals surface area contributed by atoms with Crippen molar-refractivity contribution in [2.24, 2.45) is 0 Å². The maximum Gasteiger partial charge on any atom is 0.184 e. The lowest BCUT2D eigenvalue weighted by Crippen LogP contribution is -1.83. The molecule has 2 aromatic carbocycles. The number of halogens is 2. The summed E-state index contributed by atoms with van der Waals surface area (Å²) in [4.78, 5) is 5.46. The second-order valence-electron chi connectivity index (χ2n) is 3.99. The number of hydrogen-bond acceptors (Lipinski definition) is 2. The molecule has 0 spiro atoms. The van der Waals surface area contributed by atoms with E-state index in [1.807, 2.05) is 54.6 Å². The van der Waals surface area contributed by atoms with Crippen molar-refractivity contribution < 1.29 is 0 Å². The second kappa shape index (κ2) is 5.33. The lowest BCUT2D eigenvalue weighted by Gasteiger charge is -2.04. The molecular formula is C15H9Cl2NS. The minimum atomic E-state index is 0.522. The molecule has 0 N–H and O–H groups in total. The molecule has 19 heavy (non-hydrogen) atoms. The Labute approximate surface area is 125 Å². The Morgan fingerprint density at radius 2 is 1.53 bits per heavy atom. The van der Waals surface area contributed by atoms with Crippen LogP contribution in [-0.2, 0) is 0 Å². The van der Waals surface area contributed by atoms with Crippen LogP contribution in [0.1, 0.15) is 0 Å². The summed E-state index contributed by atoms with van der Waals surface area (Å²) in [5.74, 6) is 0. The van der Waals surface area contributed by atoms with Crippen LogP contribution in [-0.4, -0.2) is 4.98 Å². The molecule has 0 aliphatic carbocycles. The Kier molecular flexibility index (Phi) is 3.56. The van der Waals surface area contributed by atoms with Gasteiger partial charge in [-0.05, 0) is 11.6 Å². The highest BCUT2D eigenvalue weighted by Gasteiger charge is 2.15. The number of aromatic nitrogens is 1. The molecule has 0 aliphatic heterocycles. The summed E-state index contributed by atoms with van der Waals surface area (Å²) in [5.41, 5.74) is 2.85. The predicted octanol–water partition coefficient (Wildman–Crippen LogP) is 5.78. The molecule has 4 heteroatoms. The first kappa shape index (κ1) is 12.7. The van der Waals surface area contributed by atoms with Crippen molar-refractivity contribution in [2.45, 2.75) is 0 Å². The fourth-order valence-corrected chi connectivity index (χ4v) is 3.27. The van der Waals surface area contributed by atoms with Gasteiger partial charge in [0, 0.05) is 5.56 Å². The molecule has 1 aromatic heterocycles. The number of hydrogen-bond donors (Lipinski definition) is 0. The summed E-state index contributed by atoms with van der Waals surface area (Å²) >= 11 is 13.8. The fourth-order valence-electron chi connectivity index (χ4n) is 1.92. The van der Waals surface area contributed by atoms with Crippen LogP contribution in [0, 0.1) is 0 Å². The molecule has 0 fully saturated rings. The van der Waals surface area contributed by atoms with Crippen LogP contribution in [0.15, 0.2) is 54.6 Å². The van der Waals surface area contributed by atoms with Gasteiger partial charge in [-0.2, -0.15) is 0 Å². The van der Waals surface area contributed by atoms with Gasteiger partial charge in [0.15, 0.2) is 4.47 Å². The Balaban J connectivity index is 2.21. The third-order valence-electron chi connectivity index (χ3n) is 2.77. The Hall–Kier alpha value is -1.35. The average molecular weight is 306 g/mol. The summed E-state index contributed by atoms with van der Waals surface area (Å²) in [7, 11) is 0. The van der Waals surface area contributed by atoms with Gasteiger partial charge < -0.3 is 0 Å². The average Bonchev–Trinajstić information content (AvgIpc) is 2.82. The van der Waals surface area contributed by atoms with Gasteiger partial charge >= 0.3 is 0 Å². The van der Waals surface area contributed by atoms with E-state index in [0.717, 1.165) is 21.7 Å². The SMILES string of the molecule is Clc1nc(-c2ccccc2Cl)c(-c2ccccc2)s1. The Bertz CT molecular complexity index is 707. The van der Waals surface area contributed by atoms with E-state index >= 15 is 0 Å². The first-order chi connectivity index (χ1) is 9.25. The minimum Gasteiger partial charge on any atom is -0.224 e. The highest BCUT2D eigenvalue weighted by Crippen LogP contribution is 2.40. The quantitative estimate of drug-likeness (QED) is 0.584. The van der Waals surface area contributed by atoms with Crippen LogP contribution >= 0.6 is 34.5 Å². The van der Waals surface area contributed by atoms with E-state index in [0.29, 0.717) is 9.49 Å². The smallest absolute Gasteiger partial charge is 0.184 e. The second-order valence-corrected chi connectivity index (χ2v) is 5.98. The summed E-state index contributed by atoms with van der Waals surface area (Å²) in [6.07, 6.45) is 0. The fraction of sp³-hybridized carbons (Fsp3) is 0. The normalized spacial score (nSPS) is 10.6. The van der Waals surface area contributed by atoms with Crippen molar-refractivity contribution in [3.63, 3.8) is 0 Å². The molecule has 0 bridgehead atoms. The lowest BCUT2D eigenvalue weighted by atomic mass is 10.1. The van der Waals surface area contributed by atoms with Gasteiger partial charge in [-0.25, -0.2) is 4.98 Å². The molecule has 0 saturated heterocycles. The van der Waals surface area contributed by atoms with E-state index in [1.54, 1.807) is 0 Å². The largest absolute Gasteiger partial charge is 0.224 e. The van der Waals surface area contributed by atoms with Crippen LogP contribution in [0.3, 0.4) is 0 Å². The number of benzene rings is 2.